The Morgan fingerprint density at radius 3 is 2.86 bits per heavy atom. The molecule has 1 aliphatic carbocycles. The van der Waals surface area contributed by atoms with Gasteiger partial charge in [0, 0.05) is 31.8 Å². The van der Waals surface area contributed by atoms with Crippen LogP contribution >= 0.6 is 0 Å². The first kappa shape index (κ1) is 18.4. The van der Waals surface area contributed by atoms with E-state index in [1.807, 2.05) is 36.0 Å². The number of anilines is 1. The van der Waals surface area contributed by atoms with Crippen LogP contribution in [-0.4, -0.2) is 31.3 Å². The molecule has 146 valence electrons. The van der Waals surface area contributed by atoms with E-state index < -0.39 is 6.04 Å². The Bertz CT molecular complexity index is 959. The van der Waals surface area contributed by atoms with Crippen molar-refractivity contribution in [3.05, 3.63) is 65.4 Å². The van der Waals surface area contributed by atoms with E-state index >= 15 is 0 Å². The zero-order chi connectivity index (χ0) is 19.5. The standard InChI is InChI=1S/C21H26N6O/c1-26-20(17-9-5-6-10-19(17)25-26)24-21(28)18(22)11-16-13-27(14-23-16)12-15-7-3-2-4-8-15/h2-4,7-8,13-14,18H,5-6,9-12,22H2,1H3,(H,24,28)/t18-/m0/s1. The Morgan fingerprint density at radius 1 is 1.25 bits per heavy atom. The first-order chi connectivity index (χ1) is 13.6. The number of nitrogens with zero attached hydrogens (tertiary/aromatic N) is 4. The first-order valence-corrected chi connectivity index (χ1v) is 9.76. The topological polar surface area (TPSA) is 90.8 Å². The molecule has 3 N–H and O–H groups in total. The molecule has 2 aromatic heterocycles. The summed E-state index contributed by atoms with van der Waals surface area (Å²) in [4.78, 5) is 17.0. The Balaban J connectivity index is 1.38. The summed E-state index contributed by atoms with van der Waals surface area (Å²) >= 11 is 0. The fourth-order valence-corrected chi connectivity index (χ4v) is 3.76. The minimum Gasteiger partial charge on any atom is -0.333 e. The summed E-state index contributed by atoms with van der Waals surface area (Å²) in [6.07, 6.45) is 8.35. The van der Waals surface area contributed by atoms with E-state index in [4.69, 9.17) is 5.73 Å². The number of hydrogen-bond donors (Lipinski definition) is 2. The van der Waals surface area contributed by atoms with Crippen LogP contribution in [0.3, 0.4) is 0 Å². The van der Waals surface area contributed by atoms with Crippen LogP contribution in [0.25, 0.3) is 0 Å². The molecule has 0 saturated carbocycles. The van der Waals surface area contributed by atoms with Crippen LogP contribution in [0.4, 0.5) is 5.82 Å². The van der Waals surface area contributed by atoms with Gasteiger partial charge in [-0.05, 0) is 31.2 Å². The zero-order valence-electron chi connectivity index (χ0n) is 16.1. The third kappa shape index (κ3) is 3.99. The van der Waals surface area contributed by atoms with Gasteiger partial charge in [-0.3, -0.25) is 9.48 Å². The Labute approximate surface area is 164 Å². The van der Waals surface area contributed by atoms with Crippen LogP contribution in [0.1, 0.15) is 35.4 Å². The van der Waals surface area contributed by atoms with Crippen molar-refractivity contribution in [1.29, 1.82) is 0 Å². The highest BCUT2D eigenvalue weighted by Gasteiger charge is 2.23. The third-order valence-electron chi connectivity index (χ3n) is 5.22. The molecule has 1 atom stereocenters. The Kier molecular flexibility index (Phi) is 5.25. The van der Waals surface area contributed by atoms with Crippen molar-refractivity contribution in [2.24, 2.45) is 12.8 Å². The highest BCUT2D eigenvalue weighted by atomic mass is 16.2. The van der Waals surface area contributed by atoms with Crippen LogP contribution in [-0.2, 0) is 37.6 Å². The maximum absolute atomic E-state index is 12.6. The summed E-state index contributed by atoms with van der Waals surface area (Å²) in [5, 5.41) is 7.52. The minimum atomic E-state index is -0.658. The lowest BCUT2D eigenvalue weighted by Gasteiger charge is -2.14. The second kappa shape index (κ2) is 7.98. The summed E-state index contributed by atoms with van der Waals surface area (Å²) in [6.45, 7) is 0.746. The van der Waals surface area contributed by atoms with Gasteiger partial charge >= 0.3 is 0 Å². The molecule has 0 radical (unpaired) electrons. The molecule has 0 bridgehead atoms. The molecule has 0 spiro atoms. The molecule has 7 nitrogen and oxygen atoms in total. The van der Waals surface area contributed by atoms with Crippen LogP contribution in [0.15, 0.2) is 42.9 Å². The van der Waals surface area contributed by atoms with Crippen LogP contribution in [0.2, 0.25) is 0 Å². The average molecular weight is 378 g/mol. The quantitative estimate of drug-likeness (QED) is 0.687. The van der Waals surface area contributed by atoms with E-state index in [0.717, 1.165) is 55.0 Å². The van der Waals surface area contributed by atoms with Gasteiger partial charge in [0.05, 0.1) is 23.8 Å². The number of imidazole rings is 1. The van der Waals surface area contributed by atoms with E-state index in [9.17, 15) is 4.79 Å². The van der Waals surface area contributed by atoms with Gasteiger partial charge in [-0.25, -0.2) is 4.98 Å². The Hall–Kier alpha value is -2.93. The van der Waals surface area contributed by atoms with Crippen molar-refractivity contribution in [3.63, 3.8) is 0 Å². The van der Waals surface area contributed by atoms with Gasteiger partial charge in [0.25, 0.3) is 0 Å². The molecule has 0 saturated heterocycles. The van der Waals surface area contributed by atoms with Crippen molar-refractivity contribution in [1.82, 2.24) is 19.3 Å². The van der Waals surface area contributed by atoms with Crippen molar-refractivity contribution in [2.45, 2.75) is 44.7 Å². The molecule has 0 unspecified atom stereocenters. The molecule has 2 heterocycles. The van der Waals surface area contributed by atoms with E-state index in [1.165, 1.54) is 5.56 Å². The van der Waals surface area contributed by atoms with E-state index in [-0.39, 0.29) is 5.91 Å². The molecule has 0 fully saturated rings. The summed E-state index contributed by atoms with van der Waals surface area (Å²) < 4.78 is 3.77. The van der Waals surface area contributed by atoms with Crippen molar-refractivity contribution in [2.75, 3.05) is 5.32 Å². The molecule has 4 rings (SSSR count). The maximum Gasteiger partial charge on any atom is 0.242 e. The molecule has 1 amide bonds. The van der Waals surface area contributed by atoms with E-state index in [0.29, 0.717) is 6.42 Å². The monoisotopic (exact) mass is 378 g/mol. The fourth-order valence-electron chi connectivity index (χ4n) is 3.76. The van der Waals surface area contributed by atoms with Gasteiger partial charge < -0.3 is 15.6 Å². The molecule has 3 aromatic rings. The number of rotatable bonds is 6. The van der Waals surface area contributed by atoms with Gasteiger partial charge in [-0.1, -0.05) is 30.3 Å². The maximum atomic E-state index is 12.6. The highest BCUT2D eigenvalue weighted by molar-refractivity contribution is 5.94. The van der Waals surface area contributed by atoms with Crippen LogP contribution < -0.4 is 11.1 Å². The molecule has 0 aliphatic heterocycles. The molecular weight excluding hydrogens is 352 g/mol. The number of aryl methyl sites for hydroxylation is 2. The Morgan fingerprint density at radius 2 is 2.04 bits per heavy atom. The minimum absolute atomic E-state index is 0.200. The summed E-state index contributed by atoms with van der Waals surface area (Å²) in [6, 6.07) is 9.53. The first-order valence-electron chi connectivity index (χ1n) is 9.76. The van der Waals surface area contributed by atoms with Crippen molar-refractivity contribution >= 4 is 11.7 Å². The largest absolute Gasteiger partial charge is 0.333 e. The van der Waals surface area contributed by atoms with E-state index in [1.54, 1.807) is 11.0 Å². The smallest absolute Gasteiger partial charge is 0.242 e. The highest BCUT2D eigenvalue weighted by Crippen LogP contribution is 2.27. The van der Waals surface area contributed by atoms with Gasteiger partial charge in [-0.15, -0.1) is 0 Å². The zero-order valence-corrected chi connectivity index (χ0v) is 16.1. The summed E-state index contributed by atoms with van der Waals surface area (Å²) in [5.41, 5.74) is 10.4. The molecule has 1 aromatic carbocycles. The predicted octanol–water partition coefficient (Wildman–Crippen LogP) is 2.05. The number of amides is 1. The lowest BCUT2D eigenvalue weighted by atomic mass is 9.97. The normalized spacial score (nSPS) is 14.5. The molecule has 7 heteroatoms. The number of nitrogens with one attached hydrogen (secondary N) is 1. The van der Waals surface area contributed by atoms with Crippen molar-refractivity contribution in [3.8, 4) is 0 Å². The number of benzene rings is 1. The number of carbonyl (C=O) groups is 1. The van der Waals surface area contributed by atoms with Crippen LogP contribution in [0, 0.1) is 0 Å². The number of nitrogens with two attached hydrogens (primary N) is 1. The number of carbonyl (C=O) groups excluding carboxylic acids is 1. The van der Waals surface area contributed by atoms with Gasteiger partial charge in [0.15, 0.2) is 0 Å². The van der Waals surface area contributed by atoms with Crippen LogP contribution in [0.5, 0.6) is 0 Å². The molecule has 1 aliphatic rings. The average Bonchev–Trinajstić information content (AvgIpc) is 3.26. The van der Waals surface area contributed by atoms with Crippen molar-refractivity contribution < 1.29 is 4.79 Å². The fraction of sp³-hybridized carbons (Fsp3) is 0.381. The van der Waals surface area contributed by atoms with Gasteiger partial charge in [0.2, 0.25) is 5.91 Å². The van der Waals surface area contributed by atoms with E-state index in [2.05, 4.69) is 27.5 Å². The lowest BCUT2D eigenvalue weighted by molar-refractivity contribution is -0.117. The summed E-state index contributed by atoms with van der Waals surface area (Å²) in [7, 11) is 1.87. The number of aromatic nitrogens is 4. The lowest BCUT2D eigenvalue weighted by Crippen LogP contribution is -2.38. The second-order valence-electron chi connectivity index (χ2n) is 7.43. The summed E-state index contributed by atoms with van der Waals surface area (Å²) in [5.74, 6) is 0.582. The molecular formula is C21H26N6O. The van der Waals surface area contributed by atoms with Gasteiger partial charge in [-0.2, -0.15) is 5.10 Å². The number of fused-ring (bicyclic) bond motifs is 1. The predicted molar refractivity (Wildman–Crippen MR) is 108 cm³/mol. The number of hydrogen-bond acceptors (Lipinski definition) is 4. The van der Waals surface area contributed by atoms with Gasteiger partial charge in [0.1, 0.15) is 5.82 Å². The molecule has 28 heavy (non-hydrogen) atoms. The third-order valence-corrected chi connectivity index (χ3v) is 5.22. The SMILES string of the molecule is Cn1nc2c(c1NC(=O)[C@@H](N)Cc1cn(Cc3ccccc3)cn1)CCCC2. The second-order valence-corrected chi connectivity index (χ2v) is 7.43.